The molecule has 0 spiro atoms. The Balaban J connectivity index is 2.51. The van der Waals surface area contributed by atoms with E-state index in [0.717, 1.165) is 0 Å². The molecule has 15 heavy (non-hydrogen) atoms. The molecule has 0 unspecified atom stereocenters. The molecule has 0 aromatic carbocycles. The van der Waals surface area contributed by atoms with E-state index < -0.39 is 0 Å². The Morgan fingerprint density at radius 2 is 2.07 bits per heavy atom. The van der Waals surface area contributed by atoms with Gasteiger partial charge in [-0.2, -0.15) is 0 Å². The van der Waals surface area contributed by atoms with Gasteiger partial charge in [0.2, 0.25) is 0 Å². The van der Waals surface area contributed by atoms with Crippen molar-refractivity contribution in [3.8, 4) is 0 Å². The molecule has 1 heterocycles. The molecule has 0 atom stereocenters. The standard InChI is InChI=1S/C10H14ClN3O/c1-10(2,5-11)6-14-9(15)8-3-12-7-13-4-8/h3-4,7H,5-6H2,1-2H3,(H,14,15). The minimum atomic E-state index is -0.172. The van der Waals surface area contributed by atoms with E-state index in [4.69, 9.17) is 11.6 Å². The lowest BCUT2D eigenvalue weighted by Crippen LogP contribution is -2.35. The van der Waals surface area contributed by atoms with Crippen LogP contribution in [0, 0.1) is 5.41 Å². The zero-order valence-electron chi connectivity index (χ0n) is 8.83. The van der Waals surface area contributed by atoms with Gasteiger partial charge >= 0.3 is 0 Å². The maximum absolute atomic E-state index is 11.6. The monoisotopic (exact) mass is 227 g/mol. The van der Waals surface area contributed by atoms with Gasteiger partial charge in [-0.1, -0.05) is 13.8 Å². The fourth-order valence-corrected chi connectivity index (χ4v) is 0.980. The highest BCUT2D eigenvalue weighted by molar-refractivity contribution is 6.18. The van der Waals surface area contributed by atoms with E-state index in [1.807, 2.05) is 13.8 Å². The van der Waals surface area contributed by atoms with E-state index in [-0.39, 0.29) is 11.3 Å². The van der Waals surface area contributed by atoms with Gasteiger partial charge in [0.05, 0.1) is 5.56 Å². The Morgan fingerprint density at radius 1 is 1.47 bits per heavy atom. The quantitative estimate of drug-likeness (QED) is 0.793. The number of hydrogen-bond donors (Lipinski definition) is 1. The SMILES string of the molecule is CC(C)(CCl)CNC(=O)c1cncnc1. The van der Waals surface area contributed by atoms with Crippen LogP contribution in [0.3, 0.4) is 0 Å². The van der Waals surface area contributed by atoms with Crippen molar-refractivity contribution >= 4 is 17.5 Å². The molecule has 0 bridgehead atoms. The van der Waals surface area contributed by atoms with Crippen molar-refractivity contribution in [3.63, 3.8) is 0 Å². The number of carbonyl (C=O) groups is 1. The molecule has 0 aliphatic rings. The van der Waals surface area contributed by atoms with Crippen LogP contribution >= 0.6 is 11.6 Å². The molecular weight excluding hydrogens is 214 g/mol. The zero-order chi connectivity index (χ0) is 11.3. The molecule has 1 amide bonds. The summed E-state index contributed by atoms with van der Waals surface area (Å²) >= 11 is 5.75. The summed E-state index contributed by atoms with van der Waals surface area (Å²) in [6, 6.07) is 0. The lowest BCUT2D eigenvalue weighted by molar-refractivity contribution is 0.0939. The number of halogens is 1. The third kappa shape index (κ3) is 3.83. The van der Waals surface area contributed by atoms with Crippen LogP contribution in [0.1, 0.15) is 24.2 Å². The van der Waals surface area contributed by atoms with Gasteiger partial charge in [-0.25, -0.2) is 9.97 Å². The van der Waals surface area contributed by atoms with Crippen LogP contribution in [-0.4, -0.2) is 28.3 Å². The first-order chi connectivity index (χ1) is 7.05. The van der Waals surface area contributed by atoms with E-state index in [1.54, 1.807) is 0 Å². The highest BCUT2D eigenvalue weighted by Gasteiger charge is 2.17. The number of amides is 1. The van der Waals surface area contributed by atoms with Crippen LogP contribution in [0.4, 0.5) is 0 Å². The number of nitrogens with zero attached hydrogens (tertiary/aromatic N) is 2. The Kier molecular flexibility index (Phi) is 4.03. The van der Waals surface area contributed by atoms with Gasteiger partial charge in [0.25, 0.3) is 5.91 Å². The fourth-order valence-electron chi connectivity index (χ4n) is 0.885. The molecule has 0 saturated heterocycles. The molecule has 0 radical (unpaired) electrons. The molecule has 0 aliphatic heterocycles. The van der Waals surface area contributed by atoms with Gasteiger partial charge in [0.15, 0.2) is 0 Å². The van der Waals surface area contributed by atoms with E-state index in [9.17, 15) is 4.79 Å². The summed E-state index contributed by atoms with van der Waals surface area (Å²) in [5, 5.41) is 2.79. The van der Waals surface area contributed by atoms with Crippen molar-refractivity contribution in [1.82, 2.24) is 15.3 Å². The van der Waals surface area contributed by atoms with Crippen LogP contribution in [-0.2, 0) is 0 Å². The summed E-state index contributed by atoms with van der Waals surface area (Å²) in [5.41, 5.74) is 0.357. The topological polar surface area (TPSA) is 54.9 Å². The molecule has 0 saturated carbocycles. The second-order valence-corrected chi connectivity index (χ2v) is 4.37. The molecule has 4 nitrogen and oxygen atoms in total. The second kappa shape index (κ2) is 5.07. The van der Waals surface area contributed by atoms with Gasteiger partial charge < -0.3 is 5.32 Å². The summed E-state index contributed by atoms with van der Waals surface area (Å²) in [6.45, 7) is 4.51. The van der Waals surface area contributed by atoms with Crippen molar-refractivity contribution in [2.75, 3.05) is 12.4 Å². The summed E-state index contributed by atoms with van der Waals surface area (Å²) in [4.78, 5) is 19.1. The first-order valence-electron chi connectivity index (χ1n) is 4.64. The number of nitrogens with one attached hydrogen (secondary N) is 1. The van der Waals surface area contributed by atoms with Gasteiger partial charge in [-0.15, -0.1) is 11.6 Å². The van der Waals surface area contributed by atoms with Crippen molar-refractivity contribution in [2.45, 2.75) is 13.8 Å². The highest BCUT2D eigenvalue weighted by atomic mass is 35.5. The average molecular weight is 228 g/mol. The van der Waals surface area contributed by atoms with Gasteiger partial charge in [0.1, 0.15) is 6.33 Å². The first-order valence-corrected chi connectivity index (χ1v) is 5.18. The lowest BCUT2D eigenvalue weighted by Gasteiger charge is -2.21. The van der Waals surface area contributed by atoms with Gasteiger partial charge in [0, 0.05) is 24.8 Å². The molecule has 0 fully saturated rings. The molecule has 1 N–H and O–H groups in total. The van der Waals surface area contributed by atoms with Crippen molar-refractivity contribution in [1.29, 1.82) is 0 Å². The third-order valence-corrected chi connectivity index (χ3v) is 2.64. The van der Waals surface area contributed by atoms with E-state index in [0.29, 0.717) is 18.0 Å². The maximum atomic E-state index is 11.6. The maximum Gasteiger partial charge on any atom is 0.254 e. The lowest BCUT2D eigenvalue weighted by atomic mass is 9.96. The van der Waals surface area contributed by atoms with Crippen molar-refractivity contribution < 1.29 is 4.79 Å². The van der Waals surface area contributed by atoms with Gasteiger partial charge in [-0.3, -0.25) is 4.79 Å². The van der Waals surface area contributed by atoms with Crippen LogP contribution in [0.2, 0.25) is 0 Å². The predicted octanol–water partition coefficient (Wildman–Crippen LogP) is 1.47. The van der Waals surface area contributed by atoms with Crippen LogP contribution in [0.15, 0.2) is 18.7 Å². The third-order valence-electron chi connectivity index (χ3n) is 1.91. The van der Waals surface area contributed by atoms with Crippen molar-refractivity contribution in [2.24, 2.45) is 5.41 Å². The van der Waals surface area contributed by atoms with Crippen LogP contribution in [0.5, 0.6) is 0 Å². The van der Waals surface area contributed by atoms with Gasteiger partial charge in [-0.05, 0) is 5.41 Å². The Morgan fingerprint density at radius 3 is 2.60 bits per heavy atom. The van der Waals surface area contributed by atoms with Crippen LogP contribution < -0.4 is 5.32 Å². The first kappa shape index (κ1) is 11.9. The Labute approximate surface area is 94.1 Å². The minimum absolute atomic E-state index is 0.104. The molecule has 1 aromatic heterocycles. The largest absolute Gasteiger partial charge is 0.351 e. The van der Waals surface area contributed by atoms with E-state index in [1.165, 1.54) is 18.7 Å². The molecular formula is C10H14ClN3O. The normalized spacial score (nSPS) is 11.1. The highest BCUT2D eigenvalue weighted by Crippen LogP contribution is 2.15. The summed E-state index contributed by atoms with van der Waals surface area (Å²) in [5.74, 6) is 0.326. The number of rotatable bonds is 4. The summed E-state index contributed by atoms with van der Waals surface area (Å²) in [6.07, 6.45) is 4.35. The van der Waals surface area contributed by atoms with E-state index >= 15 is 0 Å². The van der Waals surface area contributed by atoms with Crippen molar-refractivity contribution in [3.05, 3.63) is 24.3 Å². The molecule has 0 aliphatic carbocycles. The molecule has 1 rings (SSSR count). The fraction of sp³-hybridized carbons (Fsp3) is 0.500. The molecule has 1 aromatic rings. The number of carbonyl (C=O) groups excluding carboxylic acids is 1. The molecule has 5 heteroatoms. The molecule has 82 valence electrons. The minimum Gasteiger partial charge on any atom is -0.351 e. The number of hydrogen-bond acceptors (Lipinski definition) is 3. The number of aromatic nitrogens is 2. The number of alkyl halides is 1. The van der Waals surface area contributed by atoms with Crippen LogP contribution in [0.25, 0.3) is 0 Å². The van der Waals surface area contributed by atoms with E-state index in [2.05, 4.69) is 15.3 Å². The summed E-state index contributed by atoms with van der Waals surface area (Å²) in [7, 11) is 0. The summed E-state index contributed by atoms with van der Waals surface area (Å²) < 4.78 is 0. The Bertz CT molecular complexity index is 327. The second-order valence-electron chi connectivity index (χ2n) is 4.11. The smallest absolute Gasteiger partial charge is 0.254 e. The predicted molar refractivity (Wildman–Crippen MR) is 58.9 cm³/mol. The average Bonchev–Trinajstić information content (AvgIpc) is 2.27. The Hall–Kier alpha value is -1.16. The zero-order valence-corrected chi connectivity index (χ0v) is 9.58.